The predicted molar refractivity (Wildman–Crippen MR) is 110 cm³/mol. The van der Waals surface area contributed by atoms with Crippen LogP contribution in [-0.2, 0) is 32.0 Å². The third-order valence-corrected chi connectivity index (χ3v) is 4.85. The molecule has 10 heteroatoms. The Balaban J connectivity index is 1.55. The number of carbonyl (C=O) groups is 1. The summed E-state index contributed by atoms with van der Waals surface area (Å²) in [7, 11) is 2.93. The van der Waals surface area contributed by atoms with Crippen molar-refractivity contribution in [3.63, 3.8) is 0 Å². The van der Waals surface area contributed by atoms with E-state index in [0.717, 1.165) is 21.4 Å². The summed E-state index contributed by atoms with van der Waals surface area (Å²) in [4.78, 5) is 49.6. The van der Waals surface area contributed by atoms with Crippen LogP contribution < -0.4 is 16.6 Å². The van der Waals surface area contributed by atoms with Crippen molar-refractivity contribution in [3.05, 3.63) is 75.6 Å². The zero-order chi connectivity index (χ0) is 21.3. The molecule has 0 radical (unpaired) electrons. The van der Waals surface area contributed by atoms with Gasteiger partial charge in [-0.25, -0.2) is 9.78 Å². The molecule has 0 atom stereocenters. The highest BCUT2D eigenvalue weighted by Gasteiger charge is 2.16. The van der Waals surface area contributed by atoms with E-state index in [9.17, 15) is 14.4 Å². The van der Waals surface area contributed by atoms with E-state index < -0.39 is 11.2 Å². The van der Waals surface area contributed by atoms with Gasteiger partial charge >= 0.3 is 5.69 Å². The van der Waals surface area contributed by atoms with Gasteiger partial charge in [-0.2, -0.15) is 0 Å². The molecule has 1 N–H and O–H groups in total. The number of pyridine rings is 2. The van der Waals surface area contributed by atoms with Crippen LogP contribution in [-0.4, -0.2) is 34.6 Å². The van der Waals surface area contributed by atoms with Crippen LogP contribution in [0.2, 0.25) is 0 Å². The minimum Gasteiger partial charge on any atom is -0.350 e. The fourth-order valence-corrected chi connectivity index (χ4v) is 3.27. The number of nitrogens with one attached hydrogen (secondary N) is 1. The quantitative estimate of drug-likeness (QED) is 0.507. The summed E-state index contributed by atoms with van der Waals surface area (Å²) in [5.41, 5.74) is 1.99. The van der Waals surface area contributed by atoms with Crippen LogP contribution in [0.1, 0.15) is 5.56 Å². The Hall–Kier alpha value is -4.08. The number of rotatable bonds is 5. The van der Waals surface area contributed by atoms with Crippen LogP contribution in [0.15, 0.2) is 58.8 Å². The second kappa shape index (κ2) is 7.74. The molecule has 1 amide bonds. The van der Waals surface area contributed by atoms with Gasteiger partial charge in [0.1, 0.15) is 6.54 Å². The van der Waals surface area contributed by atoms with Crippen molar-refractivity contribution in [2.75, 3.05) is 0 Å². The highest BCUT2D eigenvalue weighted by molar-refractivity contribution is 5.79. The summed E-state index contributed by atoms with van der Waals surface area (Å²) in [6, 6.07) is 7.40. The summed E-state index contributed by atoms with van der Waals surface area (Å²) in [5, 5.41) is 2.85. The maximum atomic E-state index is 12.6. The Bertz CT molecular complexity index is 1350. The van der Waals surface area contributed by atoms with Gasteiger partial charge in [0.2, 0.25) is 5.91 Å². The third-order valence-electron chi connectivity index (χ3n) is 4.85. The summed E-state index contributed by atoms with van der Waals surface area (Å²) in [6.45, 7) is 0.169. The van der Waals surface area contributed by atoms with E-state index in [2.05, 4.69) is 20.3 Å². The average Bonchev–Trinajstić information content (AvgIpc) is 3.19. The molecule has 10 nitrogen and oxygen atoms in total. The van der Waals surface area contributed by atoms with E-state index in [0.29, 0.717) is 0 Å². The third kappa shape index (κ3) is 3.39. The lowest BCUT2D eigenvalue weighted by atomic mass is 10.1. The topological polar surface area (TPSA) is 117 Å². The number of aryl methyl sites for hydroxylation is 1. The predicted octanol–water partition coefficient (Wildman–Crippen LogP) is 0.207. The lowest BCUT2D eigenvalue weighted by Gasteiger charge is -2.11. The maximum absolute atomic E-state index is 12.6. The van der Waals surface area contributed by atoms with Crippen LogP contribution in [0.5, 0.6) is 0 Å². The fourth-order valence-electron chi connectivity index (χ4n) is 3.27. The summed E-state index contributed by atoms with van der Waals surface area (Å²) in [6.07, 6.45) is 6.45. The molecule has 0 aliphatic rings. The van der Waals surface area contributed by atoms with E-state index >= 15 is 0 Å². The molecule has 0 aliphatic heterocycles. The summed E-state index contributed by atoms with van der Waals surface area (Å²) >= 11 is 0. The molecule has 0 fully saturated rings. The molecule has 152 valence electrons. The first-order valence-corrected chi connectivity index (χ1v) is 9.19. The first kappa shape index (κ1) is 19.2. The molecule has 4 rings (SSSR count). The van der Waals surface area contributed by atoms with Gasteiger partial charge < -0.3 is 9.88 Å². The summed E-state index contributed by atoms with van der Waals surface area (Å²) < 4.78 is 3.72. The van der Waals surface area contributed by atoms with Gasteiger partial charge in [-0.15, -0.1) is 0 Å². The molecule has 0 aromatic carbocycles. The highest BCUT2D eigenvalue weighted by Crippen LogP contribution is 2.20. The van der Waals surface area contributed by atoms with Gasteiger partial charge in [-0.3, -0.25) is 28.7 Å². The van der Waals surface area contributed by atoms with Crippen LogP contribution in [0.25, 0.3) is 22.4 Å². The van der Waals surface area contributed by atoms with Crippen molar-refractivity contribution in [1.82, 2.24) is 34.0 Å². The number of hydrogen-bond donors (Lipinski definition) is 1. The lowest BCUT2D eigenvalue weighted by molar-refractivity contribution is -0.121. The monoisotopic (exact) mass is 405 g/mol. The number of carbonyl (C=O) groups excluding carboxylic acids is 1. The van der Waals surface area contributed by atoms with Gasteiger partial charge in [-0.1, -0.05) is 6.07 Å². The second-order valence-corrected chi connectivity index (χ2v) is 6.77. The minimum absolute atomic E-state index is 0.102. The highest BCUT2D eigenvalue weighted by atomic mass is 16.2. The molecule has 0 spiro atoms. The van der Waals surface area contributed by atoms with Gasteiger partial charge in [0.25, 0.3) is 5.56 Å². The van der Waals surface area contributed by atoms with Crippen molar-refractivity contribution in [2.24, 2.45) is 14.1 Å². The Kier molecular flexibility index (Phi) is 4.97. The first-order chi connectivity index (χ1) is 14.5. The Labute approximate surface area is 170 Å². The smallest absolute Gasteiger partial charge is 0.332 e. The molecular weight excluding hydrogens is 386 g/mol. The molecule has 30 heavy (non-hydrogen) atoms. The van der Waals surface area contributed by atoms with Crippen molar-refractivity contribution in [3.8, 4) is 11.3 Å². The molecular formula is C20H19N7O3. The Morgan fingerprint density at radius 1 is 1.03 bits per heavy atom. The molecule has 0 bridgehead atoms. The average molecular weight is 405 g/mol. The lowest BCUT2D eigenvalue weighted by Crippen LogP contribution is -2.38. The fraction of sp³-hybridized carbons (Fsp3) is 0.200. The van der Waals surface area contributed by atoms with Gasteiger partial charge in [0.05, 0.1) is 12.0 Å². The molecule has 0 aliphatic carbocycles. The Morgan fingerprint density at radius 2 is 1.80 bits per heavy atom. The largest absolute Gasteiger partial charge is 0.350 e. The van der Waals surface area contributed by atoms with E-state index in [1.165, 1.54) is 29.6 Å². The van der Waals surface area contributed by atoms with Gasteiger partial charge in [0, 0.05) is 44.8 Å². The number of imidazole rings is 1. The van der Waals surface area contributed by atoms with E-state index in [4.69, 9.17) is 0 Å². The van der Waals surface area contributed by atoms with Crippen LogP contribution in [0, 0.1) is 0 Å². The summed E-state index contributed by atoms with van der Waals surface area (Å²) in [5.74, 6) is -0.297. The van der Waals surface area contributed by atoms with E-state index in [1.54, 1.807) is 24.7 Å². The number of aromatic nitrogens is 6. The maximum Gasteiger partial charge on any atom is 0.332 e. The van der Waals surface area contributed by atoms with Crippen molar-refractivity contribution in [1.29, 1.82) is 0 Å². The van der Waals surface area contributed by atoms with Crippen LogP contribution >= 0.6 is 0 Å². The Morgan fingerprint density at radius 3 is 2.57 bits per heavy atom. The second-order valence-electron chi connectivity index (χ2n) is 6.77. The number of fused-ring (bicyclic) bond motifs is 1. The SMILES string of the molecule is Cn1c(=O)c2c(ncn2CC(=O)NCc2cccnc2-c2ccncc2)n(C)c1=O. The standard InChI is InChI=1S/C20H19N7O3/c1-25-18-17(19(29)26(2)20(25)30)27(12-24-18)11-15(28)23-10-14-4-3-7-22-16(14)13-5-8-21-9-6-13/h3-9,12H,10-11H2,1-2H3,(H,23,28). The number of nitrogens with zero attached hydrogens (tertiary/aromatic N) is 6. The molecule has 0 unspecified atom stereocenters. The first-order valence-electron chi connectivity index (χ1n) is 9.19. The molecule has 0 saturated carbocycles. The number of hydrogen-bond acceptors (Lipinski definition) is 6. The van der Waals surface area contributed by atoms with Gasteiger partial charge in [-0.05, 0) is 23.8 Å². The van der Waals surface area contributed by atoms with Crippen molar-refractivity contribution >= 4 is 17.1 Å². The molecule has 4 aromatic heterocycles. The minimum atomic E-state index is -0.495. The van der Waals surface area contributed by atoms with Crippen LogP contribution in [0.4, 0.5) is 0 Å². The van der Waals surface area contributed by atoms with Crippen molar-refractivity contribution in [2.45, 2.75) is 13.1 Å². The molecule has 4 aromatic rings. The zero-order valence-electron chi connectivity index (χ0n) is 16.4. The zero-order valence-corrected chi connectivity index (χ0v) is 16.4. The van der Waals surface area contributed by atoms with E-state index in [-0.39, 0.29) is 30.2 Å². The van der Waals surface area contributed by atoms with Crippen molar-refractivity contribution < 1.29 is 4.79 Å². The van der Waals surface area contributed by atoms with Crippen LogP contribution in [0.3, 0.4) is 0 Å². The van der Waals surface area contributed by atoms with E-state index in [1.807, 2.05) is 18.2 Å². The normalized spacial score (nSPS) is 11.0. The molecule has 4 heterocycles. The number of amides is 1. The van der Waals surface area contributed by atoms with Gasteiger partial charge in [0.15, 0.2) is 11.2 Å². The molecule has 0 saturated heterocycles.